The van der Waals surface area contributed by atoms with Gasteiger partial charge in [-0.25, -0.2) is 0 Å². The number of aromatic nitrogens is 1. The molecule has 1 amide bonds. The third kappa shape index (κ3) is 2.13. The number of aliphatic carboxylic acids is 1. The Labute approximate surface area is 102 Å². The zero-order chi connectivity index (χ0) is 13.3. The zero-order valence-electron chi connectivity index (χ0n) is 9.60. The number of aromatic hydroxyl groups is 1. The molecule has 0 aliphatic heterocycles. The van der Waals surface area contributed by atoms with Gasteiger partial charge in [-0.05, 0) is 19.1 Å². The van der Waals surface area contributed by atoms with Gasteiger partial charge in [-0.3, -0.25) is 9.59 Å². The lowest BCUT2D eigenvalue weighted by molar-refractivity contribution is -0.138. The molecular weight excluding hydrogens is 236 g/mol. The summed E-state index contributed by atoms with van der Waals surface area (Å²) >= 11 is 0. The lowest BCUT2D eigenvalue weighted by atomic mass is 10.2. The summed E-state index contributed by atoms with van der Waals surface area (Å²) in [5.41, 5.74) is 0.658. The van der Waals surface area contributed by atoms with Crippen molar-refractivity contribution in [2.75, 3.05) is 0 Å². The first kappa shape index (κ1) is 12.0. The summed E-state index contributed by atoms with van der Waals surface area (Å²) in [6.45, 7) is 1.38. The van der Waals surface area contributed by atoms with Crippen molar-refractivity contribution in [1.29, 1.82) is 0 Å². The predicted molar refractivity (Wildman–Crippen MR) is 64.5 cm³/mol. The number of benzene rings is 1. The van der Waals surface area contributed by atoms with Gasteiger partial charge in [0.25, 0.3) is 5.91 Å². The fraction of sp³-hybridized carbons (Fsp3) is 0.167. The van der Waals surface area contributed by atoms with E-state index in [1.165, 1.54) is 13.0 Å². The van der Waals surface area contributed by atoms with E-state index in [1.54, 1.807) is 18.2 Å². The summed E-state index contributed by atoms with van der Waals surface area (Å²) in [7, 11) is 0. The van der Waals surface area contributed by atoms with Crippen LogP contribution >= 0.6 is 0 Å². The fourth-order valence-corrected chi connectivity index (χ4v) is 1.60. The number of carboxylic acid groups (broad SMARTS) is 1. The number of carbonyl (C=O) groups excluding carboxylic acids is 1. The number of fused-ring (bicyclic) bond motifs is 1. The molecule has 2 aromatic rings. The zero-order valence-corrected chi connectivity index (χ0v) is 9.60. The Kier molecular flexibility index (Phi) is 2.93. The number of hydrogen-bond acceptors (Lipinski definition) is 3. The second-order valence-electron chi connectivity index (χ2n) is 3.96. The monoisotopic (exact) mass is 248 g/mol. The van der Waals surface area contributed by atoms with Crippen molar-refractivity contribution in [3.05, 3.63) is 30.0 Å². The number of amides is 1. The van der Waals surface area contributed by atoms with Crippen LogP contribution in [0.15, 0.2) is 24.3 Å². The minimum Gasteiger partial charge on any atom is -0.506 e. The van der Waals surface area contributed by atoms with Crippen molar-refractivity contribution in [2.24, 2.45) is 0 Å². The minimum absolute atomic E-state index is 0.0397. The van der Waals surface area contributed by atoms with E-state index < -0.39 is 17.9 Å². The summed E-state index contributed by atoms with van der Waals surface area (Å²) in [4.78, 5) is 25.1. The molecule has 1 atom stereocenters. The molecule has 18 heavy (non-hydrogen) atoms. The molecule has 0 unspecified atom stereocenters. The number of nitrogens with one attached hydrogen (secondary N) is 2. The standard InChI is InChI=1S/C12H12N2O4/c1-6(12(17)18)13-11(16)8-5-7-3-2-4-9(15)10(7)14-8/h2-6,14-15H,1H3,(H,13,16)(H,17,18)/t6-/m0/s1. The first-order chi connectivity index (χ1) is 8.49. The second kappa shape index (κ2) is 4.40. The number of carbonyl (C=O) groups is 2. The molecule has 1 aromatic carbocycles. The van der Waals surface area contributed by atoms with Crippen molar-refractivity contribution in [3.63, 3.8) is 0 Å². The lowest BCUT2D eigenvalue weighted by Gasteiger charge is -2.07. The molecule has 0 aliphatic carbocycles. The van der Waals surface area contributed by atoms with Crippen LogP contribution in [0.2, 0.25) is 0 Å². The number of phenols is 1. The Balaban J connectivity index is 2.29. The minimum atomic E-state index is -1.11. The summed E-state index contributed by atoms with van der Waals surface area (Å²) in [6.07, 6.45) is 0. The van der Waals surface area contributed by atoms with Crippen LogP contribution in [0.3, 0.4) is 0 Å². The van der Waals surface area contributed by atoms with Gasteiger partial charge >= 0.3 is 5.97 Å². The van der Waals surface area contributed by atoms with E-state index in [0.717, 1.165) is 0 Å². The van der Waals surface area contributed by atoms with E-state index in [9.17, 15) is 14.7 Å². The van der Waals surface area contributed by atoms with E-state index in [-0.39, 0.29) is 11.4 Å². The molecule has 0 saturated heterocycles. The van der Waals surface area contributed by atoms with Crippen molar-refractivity contribution in [3.8, 4) is 5.75 Å². The summed E-state index contributed by atoms with van der Waals surface area (Å²) in [5, 5.41) is 21.3. The third-order valence-electron chi connectivity index (χ3n) is 2.60. The average Bonchev–Trinajstić information content (AvgIpc) is 2.74. The van der Waals surface area contributed by atoms with Crippen molar-refractivity contribution in [1.82, 2.24) is 10.3 Å². The first-order valence-electron chi connectivity index (χ1n) is 5.33. The molecule has 0 radical (unpaired) electrons. The van der Waals surface area contributed by atoms with Gasteiger partial charge in [0, 0.05) is 5.39 Å². The van der Waals surface area contributed by atoms with Gasteiger partial charge < -0.3 is 20.5 Å². The Morgan fingerprint density at radius 3 is 2.72 bits per heavy atom. The highest BCUT2D eigenvalue weighted by Gasteiger charge is 2.17. The molecule has 0 aliphatic rings. The Morgan fingerprint density at radius 2 is 2.11 bits per heavy atom. The lowest BCUT2D eigenvalue weighted by Crippen LogP contribution is -2.38. The predicted octanol–water partition coefficient (Wildman–Crippen LogP) is 1.08. The Morgan fingerprint density at radius 1 is 1.39 bits per heavy atom. The van der Waals surface area contributed by atoms with Gasteiger partial charge in [0.1, 0.15) is 17.5 Å². The fourth-order valence-electron chi connectivity index (χ4n) is 1.60. The van der Waals surface area contributed by atoms with E-state index in [1.807, 2.05) is 0 Å². The van der Waals surface area contributed by atoms with Crippen LogP contribution in [0, 0.1) is 0 Å². The first-order valence-corrected chi connectivity index (χ1v) is 5.33. The van der Waals surface area contributed by atoms with E-state index >= 15 is 0 Å². The summed E-state index contributed by atoms with van der Waals surface area (Å²) < 4.78 is 0. The molecule has 2 rings (SSSR count). The molecule has 0 spiro atoms. The number of H-pyrrole nitrogens is 1. The van der Waals surface area contributed by atoms with Gasteiger partial charge in [0.15, 0.2) is 0 Å². The van der Waals surface area contributed by atoms with Gasteiger partial charge in [0.05, 0.1) is 5.52 Å². The van der Waals surface area contributed by atoms with E-state index in [0.29, 0.717) is 10.9 Å². The van der Waals surface area contributed by atoms with E-state index in [4.69, 9.17) is 5.11 Å². The highest BCUT2D eigenvalue weighted by atomic mass is 16.4. The van der Waals surface area contributed by atoms with Crippen LogP contribution in [-0.2, 0) is 4.79 Å². The number of para-hydroxylation sites is 1. The van der Waals surface area contributed by atoms with Crippen molar-refractivity contribution < 1.29 is 19.8 Å². The number of rotatable bonds is 3. The normalized spacial score (nSPS) is 12.3. The Bertz CT molecular complexity index is 618. The molecule has 94 valence electrons. The van der Waals surface area contributed by atoms with Crippen LogP contribution in [0.25, 0.3) is 10.9 Å². The van der Waals surface area contributed by atoms with Crippen LogP contribution in [0.4, 0.5) is 0 Å². The number of hydrogen-bond donors (Lipinski definition) is 4. The molecular formula is C12H12N2O4. The van der Waals surface area contributed by atoms with Gasteiger partial charge in [-0.1, -0.05) is 12.1 Å². The largest absolute Gasteiger partial charge is 0.506 e. The topological polar surface area (TPSA) is 102 Å². The van der Waals surface area contributed by atoms with Gasteiger partial charge in [-0.2, -0.15) is 0 Å². The molecule has 0 bridgehead atoms. The van der Waals surface area contributed by atoms with Crippen LogP contribution < -0.4 is 5.32 Å². The summed E-state index contributed by atoms with van der Waals surface area (Å²) in [5.74, 6) is -1.60. The van der Waals surface area contributed by atoms with Crippen LogP contribution in [0.5, 0.6) is 5.75 Å². The Hall–Kier alpha value is -2.50. The number of aromatic amines is 1. The van der Waals surface area contributed by atoms with Gasteiger partial charge in [0.2, 0.25) is 0 Å². The maximum atomic E-state index is 11.8. The molecule has 0 fully saturated rings. The van der Waals surface area contributed by atoms with Gasteiger partial charge in [-0.15, -0.1) is 0 Å². The molecule has 4 N–H and O–H groups in total. The third-order valence-corrected chi connectivity index (χ3v) is 2.60. The molecule has 1 heterocycles. The highest BCUT2D eigenvalue weighted by Crippen LogP contribution is 2.24. The molecule has 6 heteroatoms. The summed E-state index contributed by atoms with van der Waals surface area (Å²) in [6, 6.07) is 5.48. The van der Waals surface area contributed by atoms with Crippen molar-refractivity contribution in [2.45, 2.75) is 13.0 Å². The molecule has 1 aromatic heterocycles. The number of carboxylic acids is 1. The van der Waals surface area contributed by atoms with Crippen molar-refractivity contribution >= 4 is 22.8 Å². The average molecular weight is 248 g/mol. The second-order valence-corrected chi connectivity index (χ2v) is 3.96. The molecule has 0 saturated carbocycles. The smallest absolute Gasteiger partial charge is 0.325 e. The van der Waals surface area contributed by atoms with Crippen LogP contribution in [0.1, 0.15) is 17.4 Å². The van der Waals surface area contributed by atoms with E-state index in [2.05, 4.69) is 10.3 Å². The van der Waals surface area contributed by atoms with Crippen LogP contribution in [-0.4, -0.2) is 33.1 Å². The maximum absolute atomic E-state index is 11.8. The SMILES string of the molecule is C[C@H](NC(=O)c1cc2cccc(O)c2[nH]1)C(=O)O. The number of phenolic OH excluding ortho intramolecular Hbond substituents is 1. The quantitative estimate of drug-likeness (QED) is 0.652. The highest BCUT2D eigenvalue weighted by molar-refractivity contribution is 6.00. The maximum Gasteiger partial charge on any atom is 0.325 e. The molecule has 6 nitrogen and oxygen atoms in total.